The summed E-state index contributed by atoms with van der Waals surface area (Å²) in [5, 5.41) is 9.49. The Bertz CT molecular complexity index is 1760. The molecule has 9 rings (SSSR count). The first-order chi connectivity index (χ1) is 20.6. The third-order valence-electron chi connectivity index (χ3n) is 9.12. The number of hydrogen-bond acceptors (Lipinski definition) is 11. The Morgan fingerprint density at radius 3 is 2.60 bits per heavy atom. The molecule has 2 aliphatic carbocycles. The molecule has 4 aromatic heterocycles. The minimum Gasteiger partial charge on any atom is -0.372 e. The van der Waals surface area contributed by atoms with Crippen LogP contribution < -0.4 is 15.5 Å². The summed E-state index contributed by atoms with van der Waals surface area (Å²) in [6.07, 6.45) is -1.10. The van der Waals surface area contributed by atoms with Gasteiger partial charge in [-0.3, -0.25) is 4.79 Å². The highest BCUT2D eigenvalue weighted by atomic mass is 32.1. The number of alkyl halides is 3. The fraction of sp³-hybridized carbons (Fsp3) is 0.429. The number of aryl methyl sites for hydroxylation is 2. The Balaban J connectivity index is 0.992. The second kappa shape index (κ2) is 9.32. The van der Waals surface area contributed by atoms with Crippen molar-refractivity contribution >= 4 is 51.3 Å². The van der Waals surface area contributed by atoms with E-state index in [1.165, 1.54) is 18.4 Å². The van der Waals surface area contributed by atoms with Crippen LogP contribution in [0.5, 0.6) is 0 Å². The standard InChI is InChI=1S/C28H26F3N9OS2/c1-11-23(43-12(2)35-11)17-10-42-27(36-17)37-18-5-4-13(7-33-18)25(41)40-20-14-6-15(20)19-21(22(19)40)39(9-14)26-34-8-16(28(29,30)31)24(32-3)38-26/h4-5,7-8,10,14-15,19-22H,6,9H2,1-3H3,(H,32,34,38)(H,33,36,37)/t14-,15+,19+,20?,21?,22+/m0/s1. The number of carbonyl (C=O) groups is 1. The number of nitrogens with one attached hydrogen (secondary N) is 2. The molecule has 2 N–H and O–H groups in total. The molecule has 2 unspecified atom stereocenters. The van der Waals surface area contributed by atoms with Gasteiger partial charge in [0.25, 0.3) is 5.91 Å². The van der Waals surface area contributed by atoms with Crippen LogP contribution in [-0.2, 0) is 6.18 Å². The third kappa shape index (κ3) is 4.11. The number of pyridine rings is 1. The number of anilines is 4. The number of fused-ring (bicyclic) bond motifs is 1. The Morgan fingerprint density at radius 1 is 1.07 bits per heavy atom. The number of piperidine rings is 1. The van der Waals surface area contributed by atoms with Crippen molar-refractivity contribution in [3.05, 3.63) is 51.7 Å². The number of carbonyl (C=O) groups excluding carboxylic acids is 1. The lowest BCUT2D eigenvalue weighted by Gasteiger charge is -2.44. The number of nitrogens with zero attached hydrogens (tertiary/aromatic N) is 7. The Kier molecular flexibility index (Phi) is 5.80. The van der Waals surface area contributed by atoms with E-state index in [-0.39, 0.29) is 47.6 Å². The Morgan fingerprint density at radius 2 is 1.91 bits per heavy atom. The summed E-state index contributed by atoms with van der Waals surface area (Å²) >= 11 is 3.09. The molecule has 43 heavy (non-hydrogen) atoms. The Hall–Kier alpha value is -3.85. The van der Waals surface area contributed by atoms with Crippen LogP contribution in [0.4, 0.5) is 35.9 Å². The van der Waals surface area contributed by atoms with Gasteiger partial charge < -0.3 is 20.4 Å². The molecule has 5 aliphatic rings. The van der Waals surface area contributed by atoms with E-state index in [2.05, 4.69) is 35.6 Å². The largest absolute Gasteiger partial charge is 0.421 e. The maximum absolute atomic E-state index is 13.8. The number of hydrogen-bond donors (Lipinski definition) is 2. The van der Waals surface area contributed by atoms with Crippen molar-refractivity contribution in [1.29, 1.82) is 0 Å². The van der Waals surface area contributed by atoms with E-state index in [1.54, 1.807) is 29.7 Å². The van der Waals surface area contributed by atoms with Gasteiger partial charge in [-0.25, -0.2) is 19.9 Å². The molecule has 10 nitrogen and oxygen atoms in total. The predicted molar refractivity (Wildman–Crippen MR) is 157 cm³/mol. The molecule has 5 bridgehead atoms. The van der Waals surface area contributed by atoms with E-state index in [1.807, 2.05) is 29.0 Å². The molecule has 1 amide bonds. The summed E-state index contributed by atoms with van der Waals surface area (Å²) < 4.78 is 40.3. The van der Waals surface area contributed by atoms with Gasteiger partial charge in [0.15, 0.2) is 5.13 Å². The number of amides is 1. The molecule has 0 spiro atoms. The van der Waals surface area contributed by atoms with E-state index < -0.39 is 11.7 Å². The third-order valence-corrected chi connectivity index (χ3v) is 11.0. The van der Waals surface area contributed by atoms with Crippen molar-refractivity contribution < 1.29 is 18.0 Å². The van der Waals surface area contributed by atoms with Crippen molar-refractivity contribution in [2.24, 2.45) is 17.8 Å². The summed E-state index contributed by atoms with van der Waals surface area (Å²) in [5.74, 6) is 1.45. The minimum atomic E-state index is -4.55. The minimum absolute atomic E-state index is 0.00175. The van der Waals surface area contributed by atoms with E-state index in [0.717, 1.165) is 33.9 Å². The molecule has 0 aromatic carbocycles. The monoisotopic (exact) mass is 625 g/mol. The zero-order chi connectivity index (χ0) is 29.8. The van der Waals surface area contributed by atoms with E-state index in [9.17, 15) is 18.0 Å². The van der Waals surface area contributed by atoms with Gasteiger partial charge in [-0.05, 0) is 44.2 Å². The lowest BCUT2D eigenvalue weighted by Crippen LogP contribution is -2.53. The van der Waals surface area contributed by atoms with Crippen molar-refractivity contribution in [3.8, 4) is 10.6 Å². The van der Waals surface area contributed by atoms with E-state index in [0.29, 0.717) is 29.0 Å². The highest BCUT2D eigenvalue weighted by Gasteiger charge is 2.76. The van der Waals surface area contributed by atoms with Gasteiger partial charge in [0.1, 0.15) is 17.2 Å². The highest BCUT2D eigenvalue weighted by Crippen LogP contribution is 2.66. The van der Waals surface area contributed by atoms with Gasteiger partial charge >= 0.3 is 6.18 Å². The fourth-order valence-electron chi connectivity index (χ4n) is 7.36. The van der Waals surface area contributed by atoms with Gasteiger partial charge in [0, 0.05) is 43.3 Å². The first-order valence-electron chi connectivity index (χ1n) is 14.0. The molecule has 4 aromatic rings. The molecule has 15 heteroatoms. The van der Waals surface area contributed by atoms with Crippen LogP contribution in [-0.4, -0.2) is 67.4 Å². The zero-order valence-electron chi connectivity index (χ0n) is 23.3. The van der Waals surface area contributed by atoms with Gasteiger partial charge in [0.05, 0.1) is 38.9 Å². The number of rotatable bonds is 6. The second-order valence-electron chi connectivity index (χ2n) is 11.5. The first kappa shape index (κ1) is 26.8. The first-order valence-corrected chi connectivity index (χ1v) is 15.7. The van der Waals surface area contributed by atoms with Crippen molar-refractivity contribution in [1.82, 2.24) is 29.8 Å². The van der Waals surface area contributed by atoms with E-state index >= 15 is 0 Å². The molecule has 5 fully saturated rings. The molecular formula is C28H26F3N9OS2. The zero-order valence-corrected chi connectivity index (χ0v) is 24.9. The van der Waals surface area contributed by atoms with Gasteiger partial charge in [0.2, 0.25) is 5.95 Å². The van der Waals surface area contributed by atoms with Crippen LogP contribution >= 0.6 is 22.7 Å². The maximum Gasteiger partial charge on any atom is 0.421 e. The summed E-state index contributed by atoms with van der Waals surface area (Å²) in [5.41, 5.74) is 1.45. The topological polar surface area (TPSA) is 112 Å². The molecule has 0 radical (unpaired) electrons. The van der Waals surface area contributed by atoms with Gasteiger partial charge in [-0.2, -0.15) is 18.2 Å². The molecule has 6 atom stereocenters. The Labute approximate surface area is 252 Å². The number of aromatic nitrogens is 5. The summed E-state index contributed by atoms with van der Waals surface area (Å²) in [7, 11) is 1.42. The molecular weight excluding hydrogens is 599 g/mol. The van der Waals surface area contributed by atoms with Crippen molar-refractivity contribution in [2.45, 2.75) is 44.6 Å². The maximum atomic E-state index is 13.8. The predicted octanol–water partition coefficient (Wildman–Crippen LogP) is 5.22. The average Bonchev–Trinajstić information content (AvgIpc) is 3.32. The lowest BCUT2D eigenvalue weighted by atomic mass is 9.69. The van der Waals surface area contributed by atoms with Crippen LogP contribution in [0.25, 0.3) is 10.6 Å². The van der Waals surface area contributed by atoms with Gasteiger partial charge in [-0.1, -0.05) is 0 Å². The van der Waals surface area contributed by atoms with Crippen LogP contribution in [0.2, 0.25) is 0 Å². The normalized spacial score (nSPS) is 26.7. The number of thiazole rings is 2. The van der Waals surface area contributed by atoms with Crippen LogP contribution in [0.3, 0.4) is 0 Å². The second-order valence-corrected chi connectivity index (χ2v) is 13.6. The summed E-state index contributed by atoms with van der Waals surface area (Å²) in [6.45, 7) is 4.57. The van der Waals surface area contributed by atoms with Crippen molar-refractivity contribution in [3.63, 3.8) is 0 Å². The average molecular weight is 626 g/mol. The van der Waals surface area contributed by atoms with Crippen molar-refractivity contribution in [2.75, 3.05) is 29.1 Å². The van der Waals surface area contributed by atoms with Gasteiger partial charge in [-0.15, -0.1) is 22.7 Å². The molecule has 3 saturated heterocycles. The van der Waals surface area contributed by atoms with Crippen LogP contribution in [0, 0.1) is 31.6 Å². The van der Waals surface area contributed by atoms with E-state index in [4.69, 9.17) is 0 Å². The molecule has 7 heterocycles. The van der Waals surface area contributed by atoms with Crippen LogP contribution in [0.1, 0.15) is 33.0 Å². The highest BCUT2D eigenvalue weighted by molar-refractivity contribution is 7.16. The summed E-state index contributed by atoms with van der Waals surface area (Å²) in [6, 6.07) is 3.67. The summed E-state index contributed by atoms with van der Waals surface area (Å²) in [4.78, 5) is 41.0. The fourth-order valence-corrected chi connectivity index (χ4v) is 9.02. The smallest absolute Gasteiger partial charge is 0.372 e. The molecule has 3 aliphatic heterocycles. The lowest BCUT2D eigenvalue weighted by molar-refractivity contribution is -0.137. The molecule has 2 saturated carbocycles. The number of halogens is 3. The van der Waals surface area contributed by atoms with Crippen LogP contribution in [0.15, 0.2) is 29.9 Å². The quantitative estimate of drug-likeness (QED) is 0.298. The molecule has 222 valence electrons. The SMILES string of the molecule is CNc1nc(N2C[C@@H]3C[C@H]4C3N(C(=O)c3ccc(Nc5nc(-c6sc(C)nc6C)cs5)nc3)[C@H]3C2[C@@H]43)ncc1C(F)(F)F.